The number of H-pyrrole nitrogens is 1. The van der Waals surface area contributed by atoms with Crippen molar-refractivity contribution in [1.29, 1.82) is 5.26 Å². The number of aromatic amines is 1. The van der Waals surface area contributed by atoms with E-state index < -0.39 is 5.92 Å². The summed E-state index contributed by atoms with van der Waals surface area (Å²) in [6.45, 7) is 4.05. The number of morpholine rings is 1. The first-order chi connectivity index (χ1) is 13.7. The van der Waals surface area contributed by atoms with Crippen LogP contribution in [0.25, 0.3) is 22.3 Å². The molecule has 4 rings (SSSR count). The number of hydrogen-bond acceptors (Lipinski definition) is 7. The zero-order valence-corrected chi connectivity index (χ0v) is 15.7. The van der Waals surface area contributed by atoms with Gasteiger partial charge in [-0.05, 0) is 37.1 Å². The van der Waals surface area contributed by atoms with Crippen LogP contribution in [0, 0.1) is 11.3 Å². The van der Waals surface area contributed by atoms with Crippen LogP contribution in [-0.4, -0.2) is 57.7 Å². The molecule has 0 amide bonds. The van der Waals surface area contributed by atoms with Crippen LogP contribution >= 0.6 is 0 Å². The van der Waals surface area contributed by atoms with E-state index in [1.54, 1.807) is 12.4 Å². The Morgan fingerprint density at radius 3 is 3.04 bits per heavy atom. The number of anilines is 1. The van der Waals surface area contributed by atoms with E-state index in [0.29, 0.717) is 25.3 Å². The number of pyridine rings is 2. The van der Waals surface area contributed by atoms with Crippen molar-refractivity contribution in [3.63, 3.8) is 0 Å². The maximum absolute atomic E-state index is 9.73. The first kappa shape index (κ1) is 18.3. The van der Waals surface area contributed by atoms with Gasteiger partial charge < -0.3 is 14.7 Å². The number of nitriles is 1. The zero-order chi connectivity index (χ0) is 19.5. The highest BCUT2D eigenvalue weighted by Crippen LogP contribution is 2.34. The van der Waals surface area contributed by atoms with Gasteiger partial charge in [0.1, 0.15) is 17.0 Å². The molecule has 2 atom stereocenters. The summed E-state index contributed by atoms with van der Waals surface area (Å²) in [4.78, 5) is 11.6. The summed E-state index contributed by atoms with van der Waals surface area (Å²) in [5.74, 6) is 0.368. The molecule has 3 aromatic rings. The van der Waals surface area contributed by atoms with Crippen LogP contribution in [0.15, 0.2) is 30.6 Å². The Kier molecular flexibility index (Phi) is 5.19. The van der Waals surface area contributed by atoms with E-state index >= 15 is 0 Å². The van der Waals surface area contributed by atoms with E-state index in [9.17, 15) is 10.4 Å². The van der Waals surface area contributed by atoms with Gasteiger partial charge in [-0.3, -0.25) is 10.1 Å². The minimum absolute atomic E-state index is 0.0518. The summed E-state index contributed by atoms with van der Waals surface area (Å²) < 4.78 is 5.56. The zero-order valence-electron chi connectivity index (χ0n) is 15.7. The summed E-state index contributed by atoms with van der Waals surface area (Å²) >= 11 is 0. The van der Waals surface area contributed by atoms with Crippen LogP contribution in [-0.2, 0) is 4.74 Å². The predicted molar refractivity (Wildman–Crippen MR) is 105 cm³/mol. The van der Waals surface area contributed by atoms with Gasteiger partial charge in [-0.2, -0.15) is 10.4 Å². The molecule has 3 aromatic heterocycles. The van der Waals surface area contributed by atoms with Crippen molar-refractivity contribution >= 4 is 16.7 Å². The molecule has 1 saturated heterocycles. The highest BCUT2D eigenvalue weighted by Gasteiger charge is 2.24. The summed E-state index contributed by atoms with van der Waals surface area (Å²) in [6.07, 6.45) is 3.76. The number of aliphatic hydroxyl groups excluding tert-OH is 1. The molecule has 1 aliphatic rings. The van der Waals surface area contributed by atoms with E-state index in [2.05, 4.69) is 33.1 Å². The molecule has 1 unspecified atom stereocenters. The highest BCUT2D eigenvalue weighted by molar-refractivity contribution is 5.94. The van der Waals surface area contributed by atoms with Crippen molar-refractivity contribution in [3.8, 4) is 17.5 Å². The molecule has 0 spiro atoms. The number of nitrogens with one attached hydrogen (secondary N) is 1. The van der Waals surface area contributed by atoms with Crippen LogP contribution in [0.4, 0.5) is 5.82 Å². The summed E-state index contributed by atoms with van der Waals surface area (Å²) in [5.41, 5.74) is 3.04. The molecule has 0 aliphatic carbocycles. The van der Waals surface area contributed by atoms with Crippen LogP contribution in [0.3, 0.4) is 0 Å². The van der Waals surface area contributed by atoms with E-state index in [1.165, 1.54) is 0 Å². The molecule has 1 aliphatic heterocycles. The lowest BCUT2D eigenvalue weighted by molar-refractivity contribution is 0.0985. The number of ether oxygens (including phenoxy) is 1. The molecular formula is C20H22N6O2. The van der Waals surface area contributed by atoms with Gasteiger partial charge in [0.15, 0.2) is 0 Å². The molecular weight excluding hydrogens is 356 g/mol. The van der Waals surface area contributed by atoms with Gasteiger partial charge in [0.05, 0.1) is 36.9 Å². The van der Waals surface area contributed by atoms with E-state index in [1.807, 2.05) is 18.2 Å². The number of fused-ring (bicyclic) bond motifs is 1. The topological polar surface area (TPSA) is 111 Å². The van der Waals surface area contributed by atoms with E-state index in [-0.39, 0.29) is 12.6 Å². The number of rotatable bonds is 5. The Balaban J connectivity index is 1.95. The summed E-state index contributed by atoms with van der Waals surface area (Å²) in [6, 6.07) is 8.22. The Morgan fingerprint density at radius 2 is 2.32 bits per heavy atom. The second kappa shape index (κ2) is 7.92. The maximum atomic E-state index is 9.73. The van der Waals surface area contributed by atoms with Crippen molar-refractivity contribution < 1.29 is 9.84 Å². The number of hydrogen-bond donors (Lipinski definition) is 2. The molecule has 144 valence electrons. The maximum Gasteiger partial charge on any atom is 0.130 e. The lowest BCUT2D eigenvalue weighted by atomic mass is 9.93. The fourth-order valence-electron chi connectivity index (χ4n) is 3.67. The Morgan fingerprint density at radius 1 is 1.43 bits per heavy atom. The average Bonchev–Trinajstić information content (AvgIpc) is 3.26. The largest absolute Gasteiger partial charge is 0.396 e. The molecule has 4 heterocycles. The number of aromatic nitrogens is 4. The van der Waals surface area contributed by atoms with Crippen molar-refractivity contribution in [2.24, 2.45) is 0 Å². The SMILES string of the molecule is C[C@@H]1COCCN1c1cc(C(C#N)CCO)c2ccnc(-c3ccn[nH]3)c2n1. The first-order valence-corrected chi connectivity index (χ1v) is 9.37. The van der Waals surface area contributed by atoms with Gasteiger partial charge >= 0.3 is 0 Å². The molecule has 28 heavy (non-hydrogen) atoms. The third-order valence-corrected chi connectivity index (χ3v) is 5.11. The highest BCUT2D eigenvalue weighted by atomic mass is 16.5. The van der Waals surface area contributed by atoms with Gasteiger partial charge in [-0.1, -0.05) is 0 Å². The standard InChI is InChI=1S/C20H22N6O2/c1-13-12-28-9-7-26(13)18-10-16(14(11-21)4-8-27)15-2-5-22-20(19(15)24-18)17-3-6-23-25-17/h2-3,5-6,10,13-14,27H,4,7-9,12H2,1H3,(H,23,25)/t13-,14?/m1/s1. The van der Waals surface area contributed by atoms with Gasteiger partial charge in [-0.15, -0.1) is 0 Å². The van der Waals surface area contributed by atoms with Crippen molar-refractivity contribution in [1.82, 2.24) is 20.2 Å². The van der Waals surface area contributed by atoms with Gasteiger partial charge in [0.2, 0.25) is 0 Å². The quantitative estimate of drug-likeness (QED) is 0.700. The van der Waals surface area contributed by atoms with Crippen molar-refractivity contribution in [2.75, 3.05) is 31.3 Å². The first-order valence-electron chi connectivity index (χ1n) is 9.37. The minimum Gasteiger partial charge on any atom is -0.396 e. The van der Waals surface area contributed by atoms with Crippen LogP contribution in [0.1, 0.15) is 24.8 Å². The normalized spacial score (nSPS) is 18.2. The second-order valence-corrected chi connectivity index (χ2v) is 6.91. The lowest BCUT2D eigenvalue weighted by Crippen LogP contribution is -2.44. The summed E-state index contributed by atoms with van der Waals surface area (Å²) in [5, 5.41) is 27.0. The third kappa shape index (κ3) is 3.30. The lowest BCUT2D eigenvalue weighted by Gasteiger charge is -2.35. The van der Waals surface area contributed by atoms with Gasteiger partial charge in [-0.25, -0.2) is 4.98 Å². The number of aliphatic hydroxyl groups is 1. The fourth-order valence-corrected chi connectivity index (χ4v) is 3.67. The predicted octanol–water partition coefficient (Wildman–Crippen LogP) is 2.23. The number of nitrogens with zero attached hydrogens (tertiary/aromatic N) is 5. The Bertz CT molecular complexity index is 998. The molecule has 0 aromatic carbocycles. The van der Waals surface area contributed by atoms with Gasteiger partial charge in [0, 0.05) is 30.9 Å². The molecule has 0 saturated carbocycles. The smallest absolute Gasteiger partial charge is 0.130 e. The third-order valence-electron chi connectivity index (χ3n) is 5.11. The fraction of sp³-hybridized carbons (Fsp3) is 0.400. The van der Waals surface area contributed by atoms with Crippen molar-refractivity contribution in [3.05, 3.63) is 36.2 Å². The monoisotopic (exact) mass is 378 g/mol. The molecule has 0 radical (unpaired) electrons. The molecule has 0 bridgehead atoms. The molecule has 8 heteroatoms. The molecule has 2 N–H and O–H groups in total. The van der Waals surface area contributed by atoms with Gasteiger partial charge in [0.25, 0.3) is 0 Å². The van der Waals surface area contributed by atoms with E-state index in [4.69, 9.17) is 9.72 Å². The van der Waals surface area contributed by atoms with Crippen LogP contribution in [0.5, 0.6) is 0 Å². The second-order valence-electron chi connectivity index (χ2n) is 6.91. The Hall–Kier alpha value is -3.02. The van der Waals surface area contributed by atoms with Crippen LogP contribution < -0.4 is 4.90 Å². The van der Waals surface area contributed by atoms with E-state index in [0.717, 1.165) is 34.5 Å². The van der Waals surface area contributed by atoms with Crippen LogP contribution in [0.2, 0.25) is 0 Å². The minimum atomic E-state index is -0.428. The average molecular weight is 378 g/mol. The van der Waals surface area contributed by atoms with Crippen molar-refractivity contribution in [2.45, 2.75) is 25.3 Å². The molecule has 1 fully saturated rings. The summed E-state index contributed by atoms with van der Waals surface area (Å²) in [7, 11) is 0. The molecule has 8 nitrogen and oxygen atoms in total. The Labute approximate surface area is 162 Å².